The van der Waals surface area contributed by atoms with Crippen LogP contribution in [0.5, 0.6) is 0 Å². The van der Waals surface area contributed by atoms with Gasteiger partial charge in [-0.15, -0.1) is 0 Å². The molecule has 2 aromatic rings. The summed E-state index contributed by atoms with van der Waals surface area (Å²) in [5.41, 5.74) is 5.98. The van der Waals surface area contributed by atoms with Crippen LogP contribution in [0.4, 0.5) is 5.69 Å². The molecule has 0 aliphatic heterocycles. The molecule has 2 rings (SSSR count). The monoisotopic (exact) mass is 316 g/mol. The van der Waals surface area contributed by atoms with Crippen molar-refractivity contribution in [3.8, 4) is 0 Å². The second kappa shape index (κ2) is 6.20. The molecule has 2 amide bonds. The van der Waals surface area contributed by atoms with Crippen molar-refractivity contribution in [3.63, 3.8) is 0 Å². The number of carbonyl (C=O) groups is 2. The Morgan fingerprint density at radius 3 is 2.78 bits per heavy atom. The van der Waals surface area contributed by atoms with Crippen LogP contribution in [-0.4, -0.2) is 21.9 Å². The summed E-state index contributed by atoms with van der Waals surface area (Å²) < 4.78 is 1.56. The van der Waals surface area contributed by atoms with Crippen molar-refractivity contribution in [2.75, 3.05) is 5.73 Å². The maximum Gasteiger partial charge on any atom is 0.263 e. The standard InChI is InChI=1S/C16H20N4O3/c1-10-19-12-6-4-5-11(17)14(12)15(23)20(10)16(2,3)8-7-13(22)18-9-21/h4-6,9H,7-8,17H2,1-3H3,(H,18,21,22). The van der Waals surface area contributed by atoms with E-state index < -0.39 is 5.54 Å². The number of rotatable bonds is 5. The molecule has 0 unspecified atom stereocenters. The Balaban J connectivity index is 2.49. The SMILES string of the molecule is Cc1nc2cccc(N)c2c(=O)n1C(C)(C)CCC(=O)NC=O. The number of carbonyl (C=O) groups excluding carboxylic acids is 2. The summed E-state index contributed by atoms with van der Waals surface area (Å²) in [6, 6.07) is 5.16. The Morgan fingerprint density at radius 1 is 1.43 bits per heavy atom. The average molecular weight is 316 g/mol. The number of imide groups is 1. The smallest absolute Gasteiger partial charge is 0.263 e. The van der Waals surface area contributed by atoms with Crippen LogP contribution < -0.4 is 16.6 Å². The molecule has 0 radical (unpaired) electrons. The van der Waals surface area contributed by atoms with Gasteiger partial charge in [-0.2, -0.15) is 0 Å². The van der Waals surface area contributed by atoms with Crippen LogP contribution in [0.1, 0.15) is 32.5 Å². The highest BCUT2D eigenvalue weighted by molar-refractivity contribution is 5.89. The predicted molar refractivity (Wildman–Crippen MR) is 87.9 cm³/mol. The van der Waals surface area contributed by atoms with E-state index in [0.717, 1.165) is 0 Å². The third-order valence-corrected chi connectivity index (χ3v) is 3.89. The normalized spacial score (nSPS) is 11.4. The number of nitrogens with zero attached hydrogens (tertiary/aromatic N) is 2. The van der Waals surface area contributed by atoms with Crippen molar-refractivity contribution >= 4 is 28.9 Å². The third kappa shape index (κ3) is 3.23. The second-order valence-corrected chi connectivity index (χ2v) is 6.04. The molecule has 3 N–H and O–H groups in total. The molecule has 0 bridgehead atoms. The maximum absolute atomic E-state index is 12.9. The fourth-order valence-corrected chi connectivity index (χ4v) is 2.75. The van der Waals surface area contributed by atoms with Crippen molar-refractivity contribution in [3.05, 3.63) is 34.4 Å². The summed E-state index contributed by atoms with van der Waals surface area (Å²) in [5.74, 6) is 0.168. The first-order chi connectivity index (χ1) is 10.8. The van der Waals surface area contributed by atoms with Gasteiger partial charge in [-0.05, 0) is 39.3 Å². The molecule has 1 aromatic heterocycles. The fraction of sp³-hybridized carbons (Fsp3) is 0.375. The lowest BCUT2D eigenvalue weighted by molar-refractivity contribution is -0.125. The quantitative estimate of drug-likeness (QED) is 0.634. The lowest BCUT2D eigenvalue weighted by Gasteiger charge is -2.29. The summed E-state index contributed by atoms with van der Waals surface area (Å²) in [4.78, 5) is 39.1. The van der Waals surface area contributed by atoms with Gasteiger partial charge in [0, 0.05) is 17.6 Å². The largest absolute Gasteiger partial charge is 0.398 e. The third-order valence-electron chi connectivity index (χ3n) is 3.89. The molecule has 0 spiro atoms. The van der Waals surface area contributed by atoms with Gasteiger partial charge in [-0.3, -0.25) is 24.3 Å². The minimum atomic E-state index is -0.648. The molecule has 0 fully saturated rings. The molecule has 1 aromatic carbocycles. The number of anilines is 1. The van der Waals surface area contributed by atoms with Crippen LogP contribution >= 0.6 is 0 Å². The van der Waals surface area contributed by atoms with Crippen molar-refractivity contribution in [2.45, 2.75) is 39.2 Å². The van der Waals surface area contributed by atoms with Crippen molar-refractivity contribution < 1.29 is 9.59 Å². The van der Waals surface area contributed by atoms with E-state index >= 15 is 0 Å². The van der Waals surface area contributed by atoms with Gasteiger partial charge in [0.15, 0.2) is 0 Å². The number of fused-ring (bicyclic) bond motifs is 1. The number of aryl methyl sites for hydroxylation is 1. The van der Waals surface area contributed by atoms with E-state index in [-0.39, 0.29) is 17.9 Å². The molecule has 1 heterocycles. The Morgan fingerprint density at radius 2 is 2.13 bits per heavy atom. The number of hydrogen-bond donors (Lipinski definition) is 2. The van der Waals surface area contributed by atoms with Gasteiger partial charge < -0.3 is 5.73 Å². The zero-order valence-electron chi connectivity index (χ0n) is 13.4. The van der Waals surface area contributed by atoms with Gasteiger partial charge in [0.2, 0.25) is 12.3 Å². The van der Waals surface area contributed by atoms with Gasteiger partial charge in [-0.1, -0.05) is 6.07 Å². The molecular formula is C16H20N4O3. The van der Waals surface area contributed by atoms with Gasteiger partial charge in [0.25, 0.3) is 5.56 Å². The Kier molecular flexibility index (Phi) is 4.49. The van der Waals surface area contributed by atoms with E-state index in [1.54, 1.807) is 29.7 Å². The Hall–Kier alpha value is -2.70. The molecule has 7 nitrogen and oxygen atoms in total. The number of aromatic nitrogens is 2. The first-order valence-corrected chi connectivity index (χ1v) is 7.29. The summed E-state index contributed by atoms with van der Waals surface area (Å²) in [6.07, 6.45) is 0.859. The van der Waals surface area contributed by atoms with E-state index in [0.29, 0.717) is 35.2 Å². The highest BCUT2D eigenvalue weighted by atomic mass is 16.2. The molecule has 0 aliphatic carbocycles. The van der Waals surface area contributed by atoms with Crippen LogP contribution in [-0.2, 0) is 15.1 Å². The van der Waals surface area contributed by atoms with Crippen LogP contribution in [0.3, 0.4) is 0 Å². The van der Waals surface area contributed by atoms with Crippen molar-refractivity contribution in [1.29, 1.82) is 0 Å². The lowest BCUT2D eigenvalue weighted by Crippen LogP contribution is -2.39. The number of nitrogen functional groups attached to an aromatic ring is 1. The molecule has 0 atom stereocenters. The number of hydrogen-bond acceptors (Lipinski definition) is 5. The topological polar surface area (TPSA) is 107 Å². The molecule has 0 aliphatic rings. The Bertz CT molecular complexity index is 824. The van der Waals surface area contributed by atoms with Crippen LogP contribution in [0.25, 0.3) is 10.9 Å². The first-order valence-electron chi connectivity index (χ1n) is 7.29. The second-order valence-electron chi connectivity index (χ2n) is 6.04. The predicted octanol–water partition coefficient (Wildman–Crippen LogP) is 1.08. The van der Waals surface area contributed by atoms with Crippen LogP contribution in [0.15, 0.2) is 23.0 Å². The van der Waals surface area contributed by atoms with E-state index in [1.165, 1.54) is 0 Å². The van der Waals surface area contributed by atoms with Gasteiger partial charge in [-0.25, -0.2) is 4.98 Å². The summed E-state index contributed by atoms with van der Waals surface area (Å²) >= 11 is 0. The zero-order valence-corrected chi connectivity index (χ0v) is 13.4. The summed E-state index contributed by atoms with van der Waals surface area (Å²) in [5, 5.41) is 2.47. The number of amides is 2. The van der Waals surface area contributed by atoms with Crippen molar-refractivity contribution in [1.82, 2.24) is 14.9 Å². The van der Waals surface area contributed by atoms with E-state index in [9.17, 15) is 14.4 Å². The molecule has 23 heavy (non-hydrogen) atoms. The van der Waals surface area contributed by atoms with Crippen LogP contribution in [0, 0.1) is 6.92 Å². The molecule has 7 heteroatoms. The number of benzene rings is 1. The lowest BCUT2D eigenvalue weighted by atomic mass is 9.97. The molecule has 0 saturated carbocycles. The number of nitrogens with two attached hydrogens (primary N) is 1. The minimum Gasteiger partial charge on any atom is -0.398 e. The summed E-state index contributed by atoms with van der Waals surface area (Å²) in [7, 11) is 0. The Labute approximate surface area is 133 Å². The first kappa shape index (κ1) is 16.7. The summed E-state index contributed by atoms with van der Waals surface area (Å²) in [6.45, 7) is 5.45. The molecule has 0 saturated heterocycles. The number of nitrogens with one attached hydrogen (secondary N) is 1. The average Bonchev–Trinajstić information content (AvgIpc) is 2.45. The highest BCUT2D eigenvalue weighted by Crippen LogP contribution is 2.24. The fourth-order valence-electron chi connectivity index (χ4n) is 2.75. The van der Waals surface area contributed by atoms with Gasteiger partial charge in [0.05, 0.1) is 10.9 Å². The zero-order chi connectivity index (χ0) is 17.2. The molecular weight excluding hydrogens is 296 g/mol. The minimum absolute atomic E-state index is 0.125. The van der Waals surface area contributed by atoms with Crippen molar-refractivity contribution in [2.24, 2.45) is 0 Å². The van der Waals surface area contributed by atoms with E-state index in [4.69, 9.17) is 5.73 Å². The van der Waals surface area contributed by atoms with E-state index in [1.807, 2.05) is 13.8 Å². The highest BCUT2D eigenvalue weighted by Gasteiger charge is 2.26. The van der Waals surface area contributed by atoms with Gasteiger partial charge >= 0.3 is 0 Å². The maximum atomic E-state index is 12.9. The van der Waals surface area contributed by atoms with Crippen LogP contribution in [0.2, 0.25) is 0 Å². The molecule has 122 valence electrons. The van der Waals surface area contributed by atoms with E-state index in [2.05, 4.69) is 10.3 Å². The van der Waals surface area contributed by atoms with Gasteiger partial charge in [0.1, 0.15) is 5.82 Å².